The van der Waals surface area contributed by atoms with Crippen molar-refractivity contribution in [2.24, 2.45) is 0 Å². The summed E-state index contributed by atoms with van der Waals surface area (Å²) in [5.41, 5.74) is 0.581. The molecule has 0 amide bonds. The molecule has 2 aromatic rings. The molecular formula is C12H8BBrF4N2S. The van der Waals surface area contributed by atoms with Gasteiger partial charge in [0.2, 0.25) is 5.39 Å². The molecule has 0 bridgehead atoms. The molecule has 0 aliphatic heterocycles. The highest BCUT2D eigenvalue weighted by molar-refractivity contribution is 9.10. The molecule has 0 N–H and O–H groups in total. The quantitative estimate of drug-likeness (QED) is 0.344. The van der Waals surface area contributed by atoms with Gasteiger partial charge in [0.15, 0.2) is 4.98 Å². The Morgan fingerprint density at radius 1 is 1.00 bits per heavy atom. The summed E-state index contributed by atoms with van der Waals surface area (Å²) in [4.78, 5) is 5.30. The van der Waals surface area contributed by atoms with Crippen molar-refractivity contribution in [2.45, 2.75) is 9.79 Å². The summed E-state index contributed by atoms with van der Waals surface area (Å²) in [7, 11) is -6.00. The fourth-order valence-electron chi connectivity index (χ4n) is 1.27. The Labute approximate surface area is 131 Å². The molecule has 0 atom stereocenters. The Morgan fingerprint density at radius 3 is 2.10 bits per heavy atom. The van der Waals surface area contributed by atoms with E-state index < -0.39 is 7.25 Å². The van der Waals surface area contributed by atoms with Crippen LogP contribution in [-0.4, -0.2) is 7.25 Å². The topological polar surface area (TPSA) is 28.1 Å². The van der Waals surface area contributed by atoms with Gasteiger partial charge >= 0.3 is 12.9 Å². The van der Waals surface area contributed by atoms with Crippen LogP contribution in [0.1, 0.15) is 0 Å². The van der Waals surface area contributed by atoms with E-state index in [9.17, 15) is 17.3 Å². The smallest absolute Gasteiger partial charge is 0.418 e. The number of diazo groups is 1. The number of hydrogen-bond donors (Lipinski definition) is 0. The summed E-state index contributed by atoms with van der Waals surface area (Å²) in [5.74, 6) is 0. The minimum atomic E-state index is -6.00. The van der Waals surface area contributed by atoms with Gasteiger partial charge in [-0.05, 0) is 24.3 Å². The summed E-state index contributed by atoms with van der Waals surface area (Å²) < 4.78 is 40.0. The molecule has 0 aliphatic rings. The second-order valence-corrected chi connectivity index (χ2v) is 5.65. The second kappa shape index (κ2) is 8.05. The Kier molecular flexibility index (Phi) is 6.72. The third-order valence-electron chi connectivity index (χ3n) is 2.00. The molecule has 110 valence electrons. The van der Waals surface area contributed by atoms with Crippen LogP contribution in [-0.2, 0) is 0 Å². The highest BCUT2D eigenvalue weighted by Gasteiger charge is 2.20. The lowest BCUT2D eigenvalue weighted by atomic mass is 10.3. The van der Waals surface area contributed by atoms with Crippen molar-refractivity contribution in [2.75, 3.05) is 0 Å². The van der Waals surface area contributed by atoms with Gasteiger partial charge in [-0.25, -0.2) is 0 Å². The molecule has 2 rings (SSSR count). The van der Waals surface area contributed by atoms with Gasteiger partial charge in [0.25, 0.3) is 0 Å². The van der Waals surface area contributed by atoms with E-state index in [-0.39, 0.29) is 0 Å². The largest absolute Gasteiger partial charge is 0.673 e. The summed E-state index contributed by atoms with van der Waals surface area (Å²) in [5, 5.41) is 8.88. The summed E-state index contributed by atoms with van der Waals surface area (Å²) in [6.45, 7) is 0. The first-order chi connectivity index (χ1) is 9.79. The fourth-order valence-corrected chi connectivity index (χ4v) is 2.73. The molecule has 0 heterocycles. The van der Waals surface area contributed by atoms with Crippen LogP contribution in [0.15, 0.2) is 62.8 Å². The Balaban J connectivity index is 0.000000383. The Hall–Kier alpha value is -1.53. The maximum absolute atomic E-state index is 9.75. The van der Waals surface area contributed by atoms with E-state index in [0.717, 1.165) is 14.3 Å². The van der Waals surface area contributed by atoms with Crippen LogP contribution in [0.4, 0.5) is 23.0 Å². The normalized spacial score (nSPS) is 10.3. The maximum Gasteiger partial charge on any atom is 0.673 e. The molecule has 2 aromatic carbocycles. The summed E-state index contributed by atoms with van der Waals surface area (Å²) >= 11 is 4.97. The van der Waals surface area contributed by atoms with Gasteiger partial charge in [0.05, 0.1) is 0 Å². The van der Waals surface area contributed by atoms with Gasteiger partial charge in [0, 0.05) is 15.4 Å². The Bertz CT molecular complexity index is 625. The third-order valence-corrected chi connectivity index (χ3v) is 3.55. The van der Waals surface area contributed by atoms with Gasteiger partial charge in [0.1, 0.15) is 4.90 Å². The average molecular weight is 379 g/mol. The third kappa shape index (κ3) is 7.73. The lowest BCUT2D eigenvalue weighted by Gasteiger charge is -1.99. The lowest BCUT2D eigenvalue weighted by Crippen LogP contribution is -2.02. The zero-order chi connectivity index (χ0) is 15.9. The van der Waals surface area contributed by atoms with Gasteiger partial charge in [-0.2, -0.15) is 0 Å². The molecule has 0 saturated carbocycles. The first kappa shape index (κ1) is 17.5. The van der Waals surface area contributed by atoms with Crippen LogP contribution in [0.25, 0.3) is 4.98 Å². The van der Waals surface area contributed by atoms with Crippen molar-refractivity contribution in [1.29, 1.82) is 5.39 Å². The molecule has 21 heavy (non-hydrogen) atoms. The van der Waals surface area contributed by atoms with Crippen molar-refractivity contribution in [3.05, 3.63) is 58.0 Å². The van der Waals surface area contributed by atoms with Crippen LogP contribution in [0.2, 0.25) is 0 Å². The number of halogens is 5. The second-order valence-electron chi connectivity index (χ2n) is 3.62. The monoisotopic (exact) mass is 378 g/mol. The highest BCUT2D eigenvalue weighted by atomic mass is 79.9. The molecule has 0 radical (unpaired) electrons. The van der Waals surface area contributed by atoms with Crippen LogP contribution in [0.3, 0.4) is 0 Å². The number of benzene rings is 2. The highest BCUT2D eigenvalue weighted by Crippen LogP contribution is 2.36. The average Bonchev–Trinajstić information content (AvgIpc) is 2.38. The number of rotatable bonds is 2. The molecule has 0 unspecified atom stereocenters. The molecule has 2 nitrogen and oxygen atoms in total. The van der Waals surface area contributed by atoms with Gasteiger partial charge in [-0.1, -0.05) is 45.9 Å². The van der Waals surface area contributed by atoms with Crippen molar-refractivity contribution < 1.29 is 17.3 Å². The zero-order valence-corrected chi connectivity index (χ0v) is 12.8. The SMILES string of the molecule is F[B-](F)(F)F.N#[N+]c1ccc(Br)cc1Sc1ccccc1. The molecule has 0 aromatic heterocycles. The van der Waals surface area contributed by atoms with Gasteiger partial charge < -0.3 is 17.3 Å². The molecule has 9 heteroatoms. The molecular weight excluding hydrogens is 371 g/mol. The standard InChI is InChI=1S/C12H8BrN2S.BF4/c13-9-6-7-11(15-14)12(8-9)16-10-4-2-1-3-5-10;2-1(3,4)5/h1-8H;/q+1;-1. The van der Waals surface area contributed by atoms with E-state index in [2.05, 4.69) is 20.9 Å². The number of nitrogens with zero attached hydrogens (tertiary/aromatic N) is 2. The van der Waals surface area contributed by atoms with Crippen molar-refractivity contribution in [1.82, 2.24) is 0 Å². The summed E-state index contributed by atoms with van der Waals surface area (Å²) in [6, 6.07) is 15.5. The van der Waals surface area contributed by atoms with Gasteiger partial charge in [-0.3, -0.25) is 0 Å². The molecule has 0 saturated heterocycles. The first-order valence-corrected chi connectivity index (χ1v) is 7.15. The minimum absolute atomic E-state index is 0.581. The summed E-state index contributed by atoms with van der Waals surface area (Å²) in [6.07, 6.45) is 0. The predicted molar refractivity (Wildman–Crippen MR) is 79.6 cm³/mol. The van der Waals surface area contributed by atoms with Crippen molar-refractivity contribution >= 4 is 40.6 Å². The predicted octanol–water partition coefficient (Wildman–Crippen LogP) is 6.38. The van der Waals surface area contributed by atoms with E-state index in [1.54, 1.807) is 17.8 Å². The van der Waals surface area contributed by atoms with Crippen molar-refractivity contribution in [3.8, 4) is 0 Å². The van der Waals surface area contributed by atoms with Crippen molar-refractivity contribution in [3.63, 3.8) is 0 Å². The van der Waals surface area contributed by atoms with Crippen LogP contribution >= 0.6 is 27.7 Å². The molecule has 0 spiro atoms. The fraction of sp³-hybridized carbons (Fsp3) is 0. The maximum atomic E-state index is 9.75. The van der Waals surface area contributed by atoms with E-state index in [0.29, 0.717) is 5.69 Å². The van der Waals surface area contributed by atoms with E-state index in [1.165, 1.54) is 0 Å². The zero-order valence-electron chi connectivity index (χ0n) is 10.4. The molecule has 0 aliphatic carbocycles. The van der Waals surface area contributed by atoms with Crippen LogP contribution < -0.4 is 0 Å². The van der Waals surface area contributed by atoms with Gasteiger partial charge in [-0.15, -0.1) is 0 Å². The Morgan fingerprint density at radius 2 is 1.57 bits per heavy atom. The lowest BCUT2D eigenvalue weighted by molar-refractivity contribution is 0.368. The van der Waals surface area contributed by atoms with E-state index in [4.69, 9.17) is 5.39 Å². The minimum Gasteiger partial charge on any atom is -0.418 e. The van der Waals surface area contributed by atoms with E-state index in [1.807, 2.05) is 42.5 Å². The molecule has 0 fully saturated rings. The van der Waals surface area contributed by atoms with E-state index >= 15 is 0 Å². The van der Waals surface area contributed by atoms with Crippen LogP contribution in [0, 0.1) is 5.39 Å². The van der Waals surface area contributed by atoms with Crippen LogP contribution in [0.5, 0.6) is 0 Å². The first-order valence-electron chi connectivity index (χ1n) is 5.54. The number of hydrogen-bond acceptors (Lipinski definition) is 2.